The SMILES string of the molecule is CC(C)n1ncc2c(C(=O)Nc3ccn(-c4ccccc4)n3)cc(-c3ccc4c(c3)OCCO4)nc21. The van der Waals surface area contributed by atoms with Gasteiger partial charge in [0.25, 0.3) is 5.91 Å². The lowest BCUT2D eigenvalue weighted by Crippen LogP contribution is -2.15. The van der Waals surface area contributed by atoms with Crippen LogP contribution in [0.3, 0.4) is 0 Å². The summed E-state index contributed by atoms with van der Waals surface area (Å²) < 4.78 is 14.9. The van der Waals surface area contributed by atoms with Gasteiger partial charge in [-0.2, -0.15) is 10.2 Å². The maximum absolute atomic E-state index is 13.5. The predicted octanol–water partition coefficient (Wildman–Crippen LogP) is 4.89. The van der Waals surface area contributed by atoms with Crippen molar-refractivity contribution < 1.29 is 14.3 Å². The molecule has 9 nitrogen and oxygen atoms in total. The van der Waals surface area contributed by atoms with Gasteiger partial charge in [0.15, 0.2) is 23.0 Å². The molecule has 0 radical (unpaired) electrons. The summed E-state index contributed by atoms with van der Waals surface area (Å²) in [6.07, 6.45) is 3.50. The highest BCUT2D eigenvalue weighted by atomic mass is 16.6. The van der Waals surface area contributed by atoms with Crippen molar-refractivity contribution in [1.82, 2.24) is 24.5 Å². The van der Waals surface area contributed by atoms with Crippen LogP contribution in [0.5, 0.6) is 11.5 Å². The monoisotopic (exact) mass is 480 g/mol. The summed E-state index contributed by atoms with van der Waals surface area (Å²) in [7, 11) is 0. The summed E-state index contributed by atoms with van der Waals surface area (Å²) in [4.78, 5) is 18.4. The van der Waals surface area contributed by atoms with Crippen LogP contribution in [0, 0.1) is 0 Å². The molecule has 180 valence electrons. The number of nitrogens with one attached hydrogen (secondary N) is 1. The molecule has 1 N–H and O–H groups in total. The molecule has 6 rings (SSSR count). The van der Waals surface area contributed by atoms with Crippen LogP contribution in [0.15, 0.2) is 73.1 Å². The van der Waals surface area contributed by atoms with Crippen LogP contribution in [-0.4, -0.2) is 43.7 Å². The van der Waals surface area contributed by atoms with Crippen molar-refractivity contribution in [2.75, 3.05) is 18.5 Å². The Labute approximate surface area is 207 Å². The van der Waals surface area contributed by atoms with Gasteiger partial charge in [0.1, 0.15) is 13.2 Å². The number of hydrogen-bond acceptors (Lipinski definition) is 6. The summed E-state index contributed by atoms with van der Waals surface area (Å²) in [5, 5.41) is 12.6. The number of ether oxygens (including phenoxy) is 2. The van der Waals surface area contributed by atoms with Crippen LogP contribution in [0.1, 0.15) is 30.2 Å². The van der Waals surface area contributed by atoms with Crippen molar-refractivity contribution in [3.8, 4) is 28.4 Å². The largest absolute Gasteiger partial charge is 0.486 e. The fourth-order valence-electron chi connectivity index (χ4n) is 4.23. The molecular weight excluding hydrogens is 456 g/mol. The van der Waals surface area contributed by atoms with E-state index in [1.807, 2.05) is 73.3 Å². The predicted molar refractivity (Wildman–Crippen MR) is 136 cm³/mol. The van der Waals surface area contributed by atoms with Gasteiger partial charge in [-0.3, -0.25) is 4.79 Å². The molecule has 0 fully saturated rings. The molecule has 1 aliphatic heterocycles. The molecular formula is C27H24N6O3. The standard InChI is InChI=1S/C27H24N6O3/c1-17(2)33-26-21(16-28-33)20(15-22(29-26)18-8-9-23-24(14-18)36-13-12-35-23)27(34)30-25-10-11-32(31-25)19-6-4-3-5-7-19/h3-11,14-17H,12-13H2,1-2H3,(H,30,31,34). The maximum Gasteiger partial charge on any atom is 0.257 e. The summed E-state index contributed by atoms with van der Waals surface area (Å²) in [5.41, 5.74) is 3.47. The van der Waals surface area contributed by atoms with Gasteiger partial charge in [0.2, 0.25) is 0 Å². The van der Waals surface area contributed by atoms with Gasteiger partial charge in [0.05, 0.1) is 28.5 Å². The van der Waals surface area contributed by atoms with E-state index in [9.17, 15) is 4.79 Å². The van der Waals surface area contributed by atoms with Gasteiger partial charge in [-0.25, -0.2) is 14.3 Å². The van der Waals surface area contributed by atoms with E-state index in [-0.39, 0.29) is 11.9 Å². The summed E-state index contributed by atoms with van der Waals surface area (Å²) in [6, 6.07) is 19.0. The number of carbonyl (C=O) groups excluding carboxylic acids is 1. The Morgan fingerprint density at radius 3 is 2.61 bits per heavy atom. The Hall–Kier alpha value is -4.66. The van der Waals surface area contributed by atoms with E-state index < -0.39 is 0 Å². The Balaban J connectivity index is 1.39. The first kappa shape index (κ1) is 21.8. The number of aromatic nitrogens is 5. The minimum absolute atomic E-state index is 0.0722. The van der Waals surface area contributed by atoms with Gasteiger partial charge >= 0.3 is 0 Å². The number of para-hydroxylation sites is 1. The van der Waals surface area contributed by atoms with Crippen LogP contribution >= 0.6 is 0 Å². The average molecular weight is 481 g/mol. The molecule has 1 aliphatic rings. The van der Waals surface area contributed by atoms with Crippen molar-refractivity contribution >= 4 is 22.8 Å². The van der Waals surface area contributed by atoms with Crippen LogP contribution < -0.4 is 14.8 Å². The second-order valence-electron chi connectivity index (χ2n) is 8.77. The highest BCUT2D eigenvalue weighted by Gasteiger charge is 2.21. The van der Waals surface area contributed by atoms with E-state index in [1.165, 1.54) is 0 Å². The average Bonchev–Trinajstić information content (AvgIpc) is 3.55. The lowest BCUT2D eigenvalue weighted by atomic mass is 10.1. The van der Waals surface area contributed by atoms with Crippen molar-refractivity contribution in [2.45, 2.75) is 19.9 Å². The van der Waals surface area contributed by atoms with Crippen molar-refractivity contribution in [1.29, 1.82) is 0 Å². The molecule has 0 saturated carbocycles. The second-order valence-corrected chi connectivity index (χ2v) is 8.77. The van der Waals surface area contributed by atoms with Crippen molar-refractivity contribution in [2.24, 2.45) is 0 Å². The van der Waals surface area contributed by atoms with Gasteiger partial charge < -0.3 is 14.8 Å². The smallest absolute Gasteiger partial charge is 0.257 e. The van der Waals surface area contributed by atoms with Gasteiger partial charge in [-0.15, -0.1) is 0 Å². The molecule has 4 heterocycles. The first-order chi connectivity index (χ1) is 17.6. The zero-order valence-corrected chi connectivity index (χ0v) is 19.9. The molecule has 0 aliphatic carbocycles. The third-order valence-corrected chi connectivity index (χ3v) is 5.99. The molecule has 0 bridgehead atoms. The number of pyridine rings is 1. The number of benzene rings is 2. The number of amides is 1. The fraction of sp³-hybridized carbons (Fsp3) is 0.185. The van der Waals surface area contributed by atoms with Crippen LogP contribution in [0.25, 0.3) is 28.0 Å². The highest BCUT2D eigenvalue weighted by molar-refractivity contribution is 6.12. The van der Waals surface area contributed by atoms with Crippen LogP contribution in [0.4, 0.5) is 5.82 Å². The van der Waals surface area contributed by atoms with Gasteiger partial charge in [-0.05, 0) is 50.2 Å². The molecule has 3 aromatic heterocycles. The number of hydrogen-bond donors (Lipinski definition) is 1. The van der Waals surface area contributed by atoms with E-state index in [0.29, 0.717) is 52.8 Å². The minimum atomic E-state index is -0.289. The zero-order chi connectivity index (χ0) is 24.6. The normalized spacial score (nSPS) is 12.8. The summed E-state index contributed by atoms with van der Waals surface area (Å²) >= 11 is 0. The Kier molecular flexibility index (Phi) is 5.37. The number of carbonyl (C=O) groups is 1. The molecule has 36 heavy (non-hydrogen) atoms. The number of fused-ring (bicyclic) bond motifs is 2. The van der Waals surface area contributed by atoms with Crippen LogP contribution in [-0.2, 0) is 0 Å². The lowest BCUT2D eigenvalue weighted by molar-refractivity contribution is 0.102. The topological polar surface area (TPSA) is 96.1 Å². The number of nitrogens with zero attached hydrogens (tertiary/aromatic N) is 5. The van der Waals surface area contributed by atoms with E-state index in [1.54, 1.807) is 23.0 Å². The molecule has 2 aromatic carbocycles. The molecule has 0 atom stereocenters. The third-order valence-electron chi connectivity index (χ3n) is 5.99. The van der Waals surface area contributed by atoms with E-state index in [4.69, 9.17) is 14.5 Å². The molecule has 0 spiro atoms. The maximum atomic E-state index is 13.5. The van der Waals surface area contributed by atoms with E-state index in [0.717, 1.165) is 11.3 Å². The molecule has 5 aromatic rings. The second kappa shape index (κ2) is 8.84. The fourth-order valence-corrected chi connectivity index (χ4v) is 4.23. The van der Waals surface area contributed by atoms with Gasteiger partial charge in [0, 0.05) is 23.9 Å². The van der Waals surface area contributed by atoms with E-state index >= 15 is 0 Å². The molecule has 9 heteroatoms. The minimum Gasteiger partial charge on any atom is -0.486 e. The van der Waals surface area contributed by atoms with Crippen molar-refractivity contribution in [3.05, 3.63) is 78.6 Å². The number of anilines is 1. The quantitative estimate of drug-likeness (QED) is 0.385. The Bertz CT molecular complexity index is 1570. The molecule has 1 amide bonds. The Morgan fingerprint density at radius 2 is 1.81 bits per heavy atom. The summed E-state index contributed by atoms with van der Waals surface area (Å²) in [6.45, 7) is 5.07. The molecule has 0 unspecified atom stereocenters. The highest BCUT2D eigenvalue weighted by Crippen LogP contribution is 2.35. The third kappa shape index (κ3) is 3.94. The Morgan fingerprint density at radius 1 is 1.00 bits per heavy atom. The van der Waals surface area contributed by atoms with Crippen LogP contribution in [0.2, 0.25) is 0 Å². The summed E-state index contributed by atoms with van der Waals surface area (Å²) in [5.74, 6) is 1.52. The molecule has 0 saturated heterocycles. The van der Waals surface area contributed by atoms with Crippen molar-refractivity contribution in [3.63, 3.8) is 0 Å². The first-order valence-electron chi connectivity index (χ1n) is 11.8. The zero-order valence-electron chi connectivity index (χ0n) is 19.9. The van der Waals surface area contributed by atoms with E-state index in [2.05, 4.69) is 15.5 Å². The van der Waals surface area contributed by atoms with Gasteiger partial charge in [-0.1, -0.05) is 18.2 Å². The lowest BCUT2D eigenvalue weighted by Gasteiger charge is -2.19. The number of rotatable bonds is 5. The first-order valence-corrected chi connectivity index (χ1v) is 11.8.